The number of aryl methyl sites for hydroxylation is 1. The molecule has 6 nitrogen and oxygen atoms in total. The van der Waals surface area contributed by atoms with Crippen LogP contribution in [0.3, 0.4) is 0 Å². The summed E-state index contributed by atoms with van der Waals surface area (Å²) in [6.45, 7) is 10.7. The van der Waals surface area contributed by atoms with Crippen LogP contribution in [0.25, 0.3) is 0 Å². The molecule has 1 fully saturated rings. The van der Waals surface area contributed by atoms with Crippen molar-refractivity contribution in [1.29, 1.82) is 0 Å². The van der Waals surface area contributed by atoms with E-state index in [2.05, 4.69) is 12.2 Å². The van der Waals surface area contributed by atoms with Gasteiger partial charge < -0.3 is 10.2 Å². The third kappa shape index (κ3) is 6.02. The van der Waals surface area contributed by atoms with Gasteiger partial charge in [0.25, 0.3) is 5.91 Å². The maximum atomic E-state index is 12.8. The summed E-state index contributed by atoms with van der Waals surface area (Å²) < 4.78 is 27.2. The molecule has 1 amide bonds. The minimum Gasteiger partial charge on any atom is -0.346 e. The molecule has 0 spiro atoms. The van der Waals surface area contributed by atoms with E-state index in [1.54, 1.807) is 16.4 Å². The van der Waals surface area contributed by atoms with E-state index in [-0.39, 0.29) is 11.4 Å². The molecule has 0 aromatic heterocycles. The third-order valence-electron chi connectivity index (χ3n) is 5.30. The maximum absolute atomic E-state index is 12.8. The zero-order valence-corrected chi connectivity index (χ0v) is 17.9. The van der Waals surface area contributed by atoms with Crippen LogP contribution >= 0.6 is 0 Å². The van der Waals surface area contributed by atoms with Crippen molar-refractivity contribution in [3.05, 3.63) is 29.8 Å². The van der Waals surface area contributed by atoms with Crippen molar-refractivity contribution in [2.45, 2.75) is 57.4 Å². The summed E-state index contributed by atoms with van der Waals surface area (Å²) >= 11 is 0. The van der Waals surface area contributed by atoms with E-state index < -0.39 is 10.0 Å². The Bertz CT molecular complexity index is 721. The molecule has 1 aromatic rings. The van der Waals surface area contributed by atoms with E-state index in [0.717, 1.165) is 29.7 Å². The van der Waals surface area contributed by atoms with Crippen molar-refractivity contribution < 1.29 is 18.1 Å². The minimum atomic E-state index is -3.46. The maximum Gasteiger partial charge on any atom is 0.275 e. The number of carbonyl (C=O) groups excluding carboxylic acids is 1. The van der Waals surface area contributed by atoms with Gasteiger partial charge in [0.2, 0.25) is 10.0 Å². The van der Waals surface area contributed by atoms with Crippen molar-refractivity contribution in [3.8, 4) is 0 Å². The highest BCUT2D eigenvalue weighted by Gasteiger charge is 2.31. The first-order chi connectivity index (χ1) is 12.7. The van der Waals surface area contributed by atoms with Crippen LogP contribution in [-0.4, -0.2) is 56.9 Å². The molecule has 27 heavy (non-hydrogen) atoms. The highest BCUT2D eigenvalue weighted by atomic mass is 32.2. The quantitative estimate of drug-likeness (QED) is 0.684. The summed E-state index contributed by atoms with van der Waals surface area (Å²) in [5, 5.41) is 3.04. The molecular formula is C20H34N3O3S+. The predicted molar refractivity (Wildman–Crippen MR) is 107 cm³/mol. The molecule has 1 aromatic carbocycles. The molecule has 152 valence electrons. The Morgan fingerprint density at radius 3 is 2.26 bits per heavy atom. The molecule has 0 atom stereocenters. The fourth-order valence-corrected chi connectivity index (χ4v) is 4.66. The van der Waals surface area contributed by atoms with E-state index in [1.165, 1.54) is 0 Å². The standard InChI is InChI=1S/C20H33N3O3S/c1-5-7-17-8-10-18(11-9-17)27(25,26)23-14-12-22(13-15-23)16-19(24)21-20(3,4)6-2/h8-11H,5-7,12-16H2,1-4H3,(H,21,24)/p+1. The SMILES string of the molecule is CCCc1ccc(S(=O)(=O)N2CC[NH+](CC(=O)NC(C)(C)CC)CC2)cc1. The zero-order chi connectivity index (χ0) is 20.1. The average Bonchev–Trinajstić information content (AvgIpc) is 2.62. The van der Waals surface area contributed by atoms with Crippen molar-refractivity contribution in [2.24, 2.45) is 0 Å². The molecule has 1 aliphatic heterocycles. The monoisotopic (exact) mass is 396 g/mol. The molecule has 1 aliphatic rings. The molecule has 1 saturated heterocycles. The van der Waals surface area contributed by atoms with Gasteiger partial charge in [0, 0.05) is 5.54 Å². The summed E-state index contributed by atoms with van der Waals surface area (Å²) in [6.07, 6.45) is 2.87. The average molecular weight is 397 g/mol. The van der Waals surface area contributed by atoms with Crippen LogP contribution in [0.1, 0.15) is 46.1 Å². The minimum absolute atomic E-state index is 0.0275. The second-order valence-corrected chi connectivity index (χ2v) is 9.95. The van der Waals surface area contributed by atoms with E-state index in [0.29, 0.717) is 37.6 Å². The first-order valence-electron chi connectivity index (χ1n) is 9.91. The fraction of sp³-hybridized carbons (Fsp3) is 0.650. The number of hydrogen-bond acceptors (Lipinski definition) is 3. The first-order valence-corrected chi connectivity index (χ1v) is 11.4. The second-order valence-electron chi connectivity index (χ2n) is 8.01. The predicted octanol–water partition coefficient (Wildman–Crippen LogP) is 0.833. The summed E-state index contributed by atoms with van der Waals surface area (Å²) in [4.78, 5) is 13.7. The van der Waals surface area contributed by atoms with Crippen LogP contribution in [-0.2, 0) is 21.2 Å². The lowest BCUT2D eigenvalue weighted by Crippen LogP contribution is -3.16. The van der Waals surface area contributed by atoms with Gasteiger partial charge in [0.05, 0.1) is 31.1 Å². The Hall–Kier alpha value is -1.44. The van der Waals surface area contributed by atoms with Crippen molar-refractivity contribution in [3.63, 3.8) is 0 Å². The largest absolute Gasteiger partial charge is 0.346 e. The van der Waals surface area contributed by atoms with Gasteiger partial charge in [-0.05, 0) is 44.4 Å². The Morgan fingerprint density at radius 1 is 1.15 bits per heavy atom. The van der Waals surface area contributed by atoms with Crippen molar-refractivity contribution in [2.75, 3.05) is 32.7 Å². The molecule has 2 N–H and O–H groups in total. The lowest BCUT2D eigenvalue weighted by atomic mass is 10.0. The lowest BCUT2D eigenvalue weighted by Gasteiger charge is -2.32. The molecule has 1 heterocycles. The van der Waals surface area contributed by atoms with Crippen molar-refractivity contribution >= 4 is 15.9 Å². The normalized spacial score (nSPS) is 17.0. The smallest absolute Gasteiger partial charge is 0.275 e. The van der Waals surface area contributed by atoms with Gasteiger partial charge in [-0.2, -0.15) is 4.31 Å². The van der Waals surface area contributed by atoms with Gasteiger partial charge in [0.1, 0.15) is 0 Å². The third-order valence-corrected chi connectivity index (χ3v) is 7.21. The van der Waals surface area contributed by atoms with Gasteiger partial charge >= 0.3 is 0 Å². The van der Waals surface area contributed by atoms with Crippen LogP contribution < -0.4 is 10.2 Å². The second kappa shape index (κ2) is 9.17. The molecule has 0 aliphatic carbocycles. The molecular weight excluding hydrogens is 362 g/mol. The Balaban J connectivity index is 1.91. The number of piperazine rings is 1. The number of rotatable bonds is 8. The number of amides is 1. The van der Waals surface area contributed by atoms with Gasteiger partial charge in [0.15, 0.2) is 6.54 Å². The highest BCUT2D eigenvalue weighted by Crippen LogP contribution is 2.17. The number of carbonyl (C=O) groups is 1. The summed E-state index contributed by atoms with van der Waals surface area (Å²) in [5.41, 5.74) is 0.956. The fourth-order valence-electron chi connectivity index (χ4n) is 3.22. The molecule has 7 heteroatoms. The van der Waals surface area contributed by atoms with Crippen LogP contribution in [0.15, 0.2) is 29.2 Å². The lowest BCUT2D eigenvalue weighted by molar-refractivity contribution is -0.895. The molecule has 0 unspecified atom stereocenters. The van der Waals surface area contributed by atoms with Gasteiger partial charge in [-0.1, -0.05) is 32.4 Å². The van der Waals surface area contributed by atoms with Gasteiger partial charge in [-0.15, -0.1) is 0 Å². The van der Waals surface area contributed by atoms with E-state index in [1.807, 2.05) is 32.9 Å². The van der Waals surface area contributed by atoms with E-state index >= 15 is 0 Å². The summed E-state index contributed by atoms with van der Waals surface area (Å²) in [6, 6.07) is 7.22. The van der Waals surface area contributed by atoms with Crippen LogP contribution in [0.4, 0.5) is 0 Å². The molecule has 0 bridgehead atoms. The van der Waals surface area contributed by atoms with Crippen LogP contribution in [0, 0.1) is 0 Å². The molecule has 0 radical (unpaired) electrons. The number of quaternary nitrogens is 1. The highest BCUT2D eigenvalue weighted by molar-refractivity contribution is 7.89. The Labute approximate surface area is 164 Å². The molecule has 0 saturated carbocycles. The van der Waals surface area contributed by atoms with Crippen LogP contribution in [0.5, 0.6) is 0 Å². The number of nitrogens with zero attached hydrogens (tertiary/aromatic N) is 1. The summed E-state index contributed by atoms with van der Waals surface area (Å²) in [5.74, 6) is 0.0275. The van der Waals surface area contributed by atoms with Gasteiger partial charge in [-0.3, -0.25) is 4.79 Å². The summed E-state index contributed by atoms with van der Waals surface area (Å²) in [7, 11) is -3.46. The first kappa shape index (κ1) is 21.9. The van der Waals surface area contributed by atoms with E-state index in [9.17, 15) is 13.2 Å². The Morgan fingerprint density at radius 2 is 1.74 bits per heavy atom. The topological polar surface area (TPSA) is 70.9 Å². The molecule has 2 rings (SSSR count). The Kier molecular flexibility index (Phi) is 7.42. The van der Waals surface area contributed by atoms with Crippen molar-refractivity contribution in [1.82, 2.24) is 9.62 Å². The number of sulfonamides is 1. The van der Waals surface area contributed by atoms with Crippen LogP contribution in [0.2, 0.25) is 0 Å². The zero-order valence-electron chi connectivity index (χ0n) is 17.0. The van der Waals surface area contributed by atoms with E-state index in [4.69, 9.17) is 0 Å². The number of benzene rings is 1. The number of hydrogen-bond donors (Lipinski definition) is 2. The van der Waals surface area contributed by atoms with Gasteiger partial charge in [-0.25, -0.2) is 8.42 Å². The number of nitrogens with one attached hydrogen (secondary N) is 2.